The van der Waals surface area contributed by atoms with E-state index in [1.54, 1.807) is 36.4 Å². The molecule has 4 rings (SSSR count). The highest BCUT2D eigenvalue weighted by Gasteiger charge is 2.14. The van der Waals surface area contributed by atoms with Crippen molar-refractivity contribution in [2.75, 3.05) is 0 Å². The summed E-state index contributed by atoms with van der Waals surface area (Å²) in [5.74, 6) is -0.120. The van der Waals surface area contributed by atoms with Crippen LogP contribution in [-0.4, -0.2) is 22.0 Å². The van der Waals surface area contributed by atoms with Gasteiger partial charge in [0.25, 0.3) is 5.91 Å². The van der Waals surface area contributed by atoms with Crippen LogP contribution in [0.1, 0.15) is 22.0 Å². The van der Waals surface area contributed by atoms with E-state index in [1.165, 1.54) is 29.7 Å². The Kier molecular flexibility index (Phi) is 5.66. The molecule has 0 atom stereocenters. The Hall–Kier alpha value is -3.79. The molecule has 0 saturated heterocycles. The highest BCUT2D eigenvalue weighted by molar-refractivity contribution is 7.17. The molecule has 4 aromatic rings. The number of carbonyl (C=O) groups excluding carboxylic acids is 2. The van der Waals surface area contributed by atoms with Crippen LogP contribution in [0.2, 0.25) is 0 Å². The third-order valence-corrected chi connectivity index (χ3v) is 5.18. The van der Waals surface area contributed by atoms with Gasteiger partial charge in [0.1, 0.15) is 5.82 Å². The van der Waals surface area contributed by atoms with Crippen LogP contribution in [0.4, 0.5) is 4.39 Å². The average molecular weight is 426 g/mol. The first kappa shape index (κ1) is 19.5. The van der Waals surface area contributed by atoms with Gasteiger partial charge >= 0.3 is 0 Å². The van der Waals surface area contributed by atoms with Crippen molar-refractivity contribution in [2.45, 2.75) is 12.8 Å². The van der Waals surface area contributed by atoms with Gasteiger partial charge in [0.05, 0.1) is 11.1 Å². The molecule has 0 aliphatic rings. The van der Waals surface area contributed by atoms with Crippen LogP contribution in [0.5, 0.6) is 0 Å². The Morgan fingerprint density at radius 3 is 2.67 bits per heavy atom. The van der Waals surface area contributed by atoms with Gasteiger partial charge in [-0.05, 0) is 42.0 Å². The molecule has 0 fully saturated rings. The van der Waals surface area contributed by atoms with Gasteiger partial charge < -0.3 is 8.94 Å². The molecule has 0 radical (unpaired) electrons. The highest BCUT2D eigenvalue weighted by Crippen LogP contribution is 2.28. The Morgan fingerprint density at radius 2 is 1.90 bits per heavy atom. The van der Waals surface area contributed by atoms with Crippen LogP contribution < -0.4 is 10.9 Å². The minimum atomic E-state index is -0.445. The van der Waals surface area contributed by atoms with Crippen molar-refractivity contribution in [3.05, 3.63) is 71.4 Å². The lowest BCUT2D eigenvalue weighted by Gasteiger charge is -2.05. The fourth-order valence-electron chi connectivity index (χ4n) is 2.56. The molecule has 0 bridgehead atoms. The number of aromatic nitrogens is 2. The Labute approximate surface area is 173 Å². The van der Waals surface area contributed by atoms with E-state index in [4.69, 9.17) is 8.94 Å². The molecular weight excluding hydrogens is 411 g/mol. The van der Waals surface area contributed by atoms with E-state index in [2.05, 4.69) is 21.0 Å². The monoisotopic (exact) mass is 426 g/mol. The molecule has 1 aromatic carbocycles. The van der Waals surface area contributed by atoms with Gasteiger partial charge in [-0.1, -0.05) is 17.3 Å². The Balaban J connectivity index is 1.26. The summed E-state index contributed by atoms with van der Waals surface area (Å²) in [5.41, 5.74) is 5.52. The maximum absolute atomic E-state index is 13.0. The largest absolute Gasteiger partial charge is 0.461 e. The number of rotatable bonds is 6. The Morgan fingerprint density at radius 1 is 1.07 bits per heavy atom. The van der Waals surface area contributed by atoms with E-state index in [0.717, 1.165) is 10.4 Å². The van der Waals surface area contributed by atoms with E-state index < -0.39 is 11.8 Å². The second-order valence-electron chi connectivity index (χ2n) is 6.16. The van der Waals surface area contributed by atoms with Crippen LogP contribution in [-0.2, 0) is 11.2 Å². The molecule has 8 nitrogen and oxygen atoms in total. The van der Waals surface area contributed by atoms with Crippen molar-refractivity contribution in [1.82, 2.24) is 21.0 Å². The minimum Gasteiger partial charge on any atom is -0.461 e. The molecule has 0 aliphatic carbocycles. The lowest BCUT2D eigenvalue weighted by atomic mass is 10.2. The lowest BCUT2D eigenvalue weighted by molar-refractivity contribution is -0.121. The zero-order valence-corrected chi connectivity index (χ0v) is 16.2. The van der Waals surface area contributed by atoms with E-state index in [1.807, 2.05) is 0 Å². The Bertz CT molecular complexity index is 1150. The molecule has 0 unspecified atom stereocenters. The molecule has 152 valence electrons. The normalized spacial score (nSPS) is 10.7. The zero-order chi connectivity index (χ0) is 20.9. The number of halogens is 1. The number of aryl methyl sites for hydroxylation is 1. The zero-order valence-electron chi connectivity index (χ0n) is 15.4. The predicted molar refractivity (Wildman–Crippen MR) is 106 cm³/mol. The van der Waals surface area contributed by atoms with Gasteiger partial charge in [0.2, 0.25) is 17.6 Å². The van der Waals surface area contributed by atoms with E-state index >= 15 is 0 Å². The first-order valence-electron chi connectivity index (χ1n) is 8.90. The number of nitrogens with one attached hydrogen (secondary N) is 2. The summed E-state index contributed by atoms with van der Waals surface area (Å²) in [6, 6.07) is 12.8. The molecule has 30 heavy (non-hydrogen) atoms. The van der Waals surface area contributed by atoms with Gasteiger partial charge in [-0.3, -0.25) is 20.4 Å². The van der Waals surface area contributed by atoms with Crippen molar-refractivity contribution in [3.63, 3.8) is 0 Å². The second kappa shape index (κ2) is 8.70. The maximum Gasteiger partial charge on any atom is 0.279 e. The fourth-order valence-corrected chi connectivity index (χ4v) is 3.47. The molecule has 2 amide bonds. The lowest BCUT2D eigenvalue weighted by Crippen LogP contribution is -2.41. The fraction of sp³-hybridized carbons (Fsp3) is 0.100. The predicted octanol–water partition coefficient (Wildman–Crippen LogP) is 3.59. The number of nitrogens with zero attached hydrogens (tertiary/aromatic N) is 2. The topological polar surface area (TPSA) is 110 Å². The van der Waals surface area contributed by atoms with Gasteiger partial charge in [0.15, 0.2) is 5.76 Å². The summed E-state index contributed by atoms with van der Waals surface area (Å²) in [6.45, 7) is 0. The van der Waals surface area contributed by atoms with Gasteiger partial charge in [-0.15, -0.1) is 11.3 Å². The number of carbonyl (C=O) groups is 2. The highest BCUT2D eigenvalue weighted by atomic mass is 32.1. The van der Waals surface area contributed by atoms with Crippen LogP contribution in [0.15, 0.2) is 63.7 Å². The number of furan rings is 1. The SMILES string of the molecule is O=C(CCc1nc(-c2ccco2)no1)NNC(=O)c1ccc(-c2ccc(F)cc2)s1. The first-order chi connectivity index (χ1) is 14.6. The van der Waals surface area contributed by atoms with Crippen LogP contribution in [0, 0.1) is 5.82 Å². The first-order valence-corrected chi connectivity index (χ1v) is 9.71. The van der Waals surface area contributed by atoms with E-state index in [9.17, 15) is 14.0 Å². The quantitative estimate of drug-likeness (QED) is 0.456. The number of hydrogen-bond donors (Lipinski definition) is 2. The van der Waals surface area contributed by atoms with E-state index in [-0.39, 0.29) is 24.5 Å². The van der Waals surface area contributed by atoms with Crippen molar-refractivity contribution in [2.24, 2.45) is 0 Å². The third-order valence-electron chi connectivity index (χ3n) is 4.05. The van der Waals surface area contributed by atoms with Crippen LogP contribution in [0.25, 0.3) is 22.0 Å². The molecule has 0 spiro atoms. The number of benzene rings is 1. The number of hydrogen-bond acceptors (Lipinski definition) is 7. The van der Waals surface area contributed by atoms with Crippen molar-refractivity contribution < 1.29 is 22.9 Å². The minimum absolute atomic E-state index is 0.0470. The second-order valence-corrected chi connectivity index (χ2v) is 7.25. The average Bonchev–Trinajstić information content (AvgIpc) is 3.52. The molecular formula is C20H15FN4O4S. The summed E-state index contributed by atoms with van der Waals surface area (Å²) in [4.78, 5) is 29.6. The number of thiophene rings is 1. The molecule has 10 heteroatoms. The van der Waals surface area contributed by atoms with Crippen LogP contribution in [0.3, 0.4) is 0 Å². The molecule has 0 aliphatic heterocycles. The standard InChI is InChI=1S/C20H15FN4O4S/c21-13-5-3-12(4-6-13)15-7-8-16(30-15)20(27)24-23-17(26)9-10-18-22-19(25-29-18)14-2-1-11-28-14/h1-8,11H,9-10H2,(H,23,26)(H,24,27). The van der Waals surface area contributed by atoms with Crippen LogP contribution >= 0.6 is 11.3 Å². The van der Waals surface area contributed by atoms with Crippen molar-refractivity contribution >= 4 is 23.2 Å². The molecule has 2 N–H and O–H groups in total. The maximum atomic E-state index is 13.0. The molecule has 0 saturated carbocycles. The number of amides is 2. The third kappa shape index (κ3) is 4.61. The molecule has 3 aromatic heterocycles. The summed E-state index contributed by atoms with van der Waals surface area (Å²) < 4.78 is 23.3. The summed E-state index contributed by atoms with van der Waals surface area (Å²) in [5, 5.41) is 3.78. The summed E-state index contributed by atoms with van der Waals surface area (Å²) >= 11 is 1.24. The van der Waals surface area contributed by atoms with Crippen molar-refractivity contribution in [3.8, 4) is 22.0 Å². The van der Waals surface area contributed by atoms with Crippen molar-refractivity contribution in [1.29, 1.82) is 0 Å². The van der Waals surface area contributed by atoms with E-state index in [0.29, 0.717) is 16.5 Å². The smallest absolute Gasteiger partial charge is 0.279 e. The van der Waals surface area contributed by atoms with Gasteiger partial charge in [0, 0.05) is 17.7 Å². The van der Waals surface area contributed by atoms with Gasteiger partial charge in [-0.2, -0.15) is 4.98 Å². The number of hydrazine groups is 1. The van der Waals surface area contributed by atoms with Gasteiger partial charge in [-0.25, -0.2) is 4.39 Å². The molecule has 3 heterocycles. The summed E-state index contributed by atoms with van der Waals surface area (Å²) in [7, 11) is 0. The summed E-state index contributed by atoms with van der Waals surface area (Å²) in [6.07, 6.45) is 1.76.